The van der Waals surface area contributed by atoms with Crippen molar-refractivity contribution >= 4 is 10.0 Å². The molecule has 114 valence electrons. The van der Waals surface area contributed by atoms with Crippen LogP contribution in [0.2, 0.25) is 0 Å². The third-order valence-electron chi connectivity index (χ3n) is 3.22. The first-order valence-electron chi connectivity index (χ1n) is 6.77. The Morgan fingerprint density at radius 3 is 2.45 bits per heavy atom. The Morgan fingerprint density at radius 1 is 1.30 bits per heavy atom. The fourth-order valence-corrected chi connectivity index (χ4v) is 3.62. The molecular weight excluding hydrogens is 279 g/mol. The van der Waals surface area contributed by atoms with Crippen LogP contribution in [0.25, 0.3) is 0 Å². The van der Waals surface area contributed by atoms with Gasteiger partial charge in [0.15, 0.2) is 0 Å². The van der Waals surface area contributed by atoms with Crippen molar-refractivity contribution in [2.24, 2.45) is 5.92 Å². The average molecular weight is 302 g/mol. The van der Waals surface area contributed by atoms with Crippen LogP contribution in [0.3, 0.4) is 0 Å². The van der Waals surface area contributed by atoms with Crippen LogP contribution in [-0.2, 0) is 16.6 Å². The molecule has 0 saturated carbocycles. The molecule has 1 aromatic carbocycles. The molecule has 2 N–H and O–H groups in total. The number of hydrogen-bond acceptors (Lipinski definition) is 3. The lowest BCUT2D eigenvalue weighted by atomic mass is 10.0. The molecule has 0 aliphatic carbocycles. The third kappa shape index (κ3) is 4.26. The Balaban J connectivity index is 3.11. The number of nitrogens with one attached hydrogen (secondary N) is 2. The van der Waals surface area contributed by atoms with E-state index in [0.717, 1.165) is 5.56 Å². The normalized spacial score (nSPS) is 13.7. The first kappa shape index (κ1) is 17.1. The van der Waals surface area contributed by atoms with E-state index in [1.165, 1.54) is 12.1 Å². The van der Waals surface area contributed by atoms with Crippen LogP contribution in [0.5, 0.6) is 0 Å². The van der Waals surface area contributed by atoms with E-state index in [9.17, 15) is 12.8 Å². The van der Waals surface area contributed by atoms with Crippen LogP contribution in [0, 0.1) is 11.7 Å². The van der Waals surface area contributed by atoms with Crippen LogP contribution in [0.1, 0.15) is 32.8 Å². The molecule has 0 bridgehead atoms. The zero-order valence-electron chi connectivity index (χ0n) is 12.4. The summed E-state index contributed by atoms with van der Waals surface area (Å²) in [7, 11) is -2.09. The Hall–Kier alpha value is -0.980. The molecule has 0 heterocycles. The Morgan fingerprint density at radius 2 is 1.95 bits per heavy atom. The topological polar surface area (TPSA) is 58.2 Å². The van der Waals surface area contributed by atoms with Gasteiger partial charge in [0.05, 0.1) is 0 Å². The lowest BCUT2D eigenvalue weighted by molar-refractivity contribution is 0.435. The number of sulfonamides is 1. The van der Waals surface area contributed by atoms with Gasteiger partial charge in [-0.05, 0) is 37.1 Å². The van der Waals surface area contributed by atoms with Crippen LogP contribution in [0.4, 0.5) is 4.39 Å². The van der Waals surface area contributed by atoms with Gasteiger partial charge in [-0.15, -0.1) is 0 Å². The van der Waals surface area contributed by atoms with E-state index in [0.29, 0.717) is 13.0 Å². The molecule has 0 aromatic heterocycles. The molecule has 20 heavy (non-hydrogen) atoms. The summed E-state index contributed by atoms with van der Waals surface area (Å²) in [5.74, 6) is -0.575. The highest BCUT2D eigenvalue weighted by molar-refractivity contribution is 7.89. The van der Waals surface area contributed by atoms with Crippen molar-refractivity contribution < 1.29 is 12.8 Å². The molecule has 0 saturated heterocycles. The standard InChI is InChI=1S/C14H23FN2O2S/c1-5-13(10(2)3)17-20(18,19)14-8-11(9-16-4)6-7-12(14)15/h6-8,10,13,16-17H,5,9H2,1-4H3. The first-order chi connectivity index (χ1) is 9.31. The van der Waals surface area contributed by atoms with Crippen molar-refractivity contribution in [3.8, 4) is 0 Å². The highest BCUT2D eigenvalue weighted by Crippen LogP contribution is 2.18. The van der Waals surface area contributed by atoms with Gasteiger partial charge in [-0.25, -0.2) is 17.5 Å². The first-order valence-corrected chi connectivity index (χ1v) is 8.25. The van der Waals surface area contributed by atoms with E-state index in [4.69, 9.17) is 0 Å². The number of rotatable bonds is 7. The van der Waals surface area contributed by atoms with Crippen LogP contribution in [0.15, 0.2) is 23.1 Å². The van der Waals surface area contributed by atoms with Gasteiger partial charge >= 0.3 is 0 Å². The summed E-state index contributed by atoms with van der Waals surface area (Å²) in [5.41, 5.74) is 0.729. The van der Waals surface area contributed by atoms with Crippen LogP contribution < -0.4 is 10.0 Å². The van der Waals surface area contributed by atoms with Gasteiger partial charge < -0.3 is 5.32 Å². The monoisotopic (exact) mass is 302 g/mol. The highest BCUT2D eigenvalue weighted by atomic mass is 32.2. The number of benzene rings is 1. The third-order valence-corrected chi connectivity index (χ3v) is 4.72. The molecule has 1 rings (SSSR count). The van der Waals surface area contributed by atoms with E-state index in [2.05, 4.69) is 10.0 Å². The minimum Gasteiger partial charge on any atom is -0.316 e. The van der Waals surface area contributed by atoms with Crippen molar-refractivity contribution in [2.75, 3.05) is 7.05 Å². The molecule has 0 aliphatic rings. The van der Waals surface area contributed by atoms with Crippen molar-refractivity contribution in [3.05, 3.63) is 29.6 Å². The summed E-state index contributed by atoms with van der Waals surface area (Å²) in [5, 5.41) is 2.91. The van der Waals surface area contributed by atoms with Gasteiger partial charge in [0.25, 0.3) is 0 Å². The lowest BCUT2D eigenvalue weighted by Crippen LogP contribution is -2.38. The summed E-state index contributed by atoms with van der Waals surface area (Å²) >= 11 is 0. The van der Waals surface area contributed by atoms with E-state index in [1.54, 1.807) is 13.1 Å². The van der Waals surface area contributed by atoms with Gasteiger partial charge in [0.2, 0.25) is 10.0 Å². The maximum absolute atomic E-state index is 13.8. The second-order valence-corrected chi connectivity index (χ2v) is 6.86. The van der Waals surface area contributed by atoms with E-state index >= 15 is 0 Å². The summed E-state index contributed by atoms with van der Waals surface area (Å²) in [6, 6.07) is 3.94. The molecule has 4 nitrogen and oxygen atoms in total. The van der Waals surface area contributed by atoms with Gasteiger partial charge in [0, 0.05) is 12.6 Å². The summed E-state index contributed by atoms with van der Waals surface area (Å²) in [4.78, 5) is -0.288. The molecule has 6 heteroatoms. The predicted molar refractivity (Wildman–Crippen MR) is 78.4 cm³/mol. The van der Waals surface area contributed by atoms with Crippen molar-refractivity contribution in [1.29, 1.82) is 0 Å². The van der Waals surface area contributed by atoms with E-state index in [-0.39, 0.29) is 16.9 Å². The van der Waals surface area contributed by atoms with Gasteiger partial charge in [-0.3, -0.25) is 0 Å². The van der Waals surface area contributed by atoms with E-state index in [1.807, 2.05) is 20.8 Å². The Kier molecular flexibility index (Phi) is 6.10. The molecule has 0 spiro atoms. The van der Waals surface area contributed by atoms with E-state index < -0.39 is 15.8 Å². The number of halogens is 1. The second kappa shape index (κ2) is 7.15. The van der Waals surface area contributed by atoms with Crippen molar-refractivity contribution in [3.63, 3.8) is 0 Å². The maximum Gasteiger partial charge on any atom is 0.243 e. The molecule has 0 amide bonds. The Bertz CT molecular complexity index is 544. The average Bonchev–Trinajstić information content (AvgIpc) is 2.38. The van der Waals surface area contributed by atoms with Crippen molar-refractivity contribution in [1.82, 2.24) is 10.0 Å². The minimum absolute atomic E-state index is 0.151. The smallest absolute Gasteiger partial charge is 0.243 e. The van der Waals surface area contributed by atoms with Gasteiger partial charge in [-0.1, -0.05) is 26.8 Å². The maximum atomic E-state index is 13.8. The summed E-state index contributed by atoms with van der Waals surface area (Å²) in [6.45, 7) is 6.26. The summed E-state index contributed by atoms with van der Waals surface area (Å²) in [6.07, 6.45) is 0.661. The van der Waals surface area contributed by atoms with Gasteiger partial charge in [-0.2, -0.15) is 0 Å². The fourth-order valence-electron chi connectivity index (χ4n) is 2.02. The Labute approximate surface area is 120 Å². The molecule has 0 aliphatic heterocycles. The SMILES string of the molecule is CCC(NS(=O)(=O)c1cc(CNC)ccc1F)C(C)C. The molecular formula is C14H23FN2O2S. The number of hydrogen-bond donors (Lipinski definition) is 2. The molecule has 0 fully saturated rings. The zero-order chi connectivity index (χ0) is 15.3. The second-order valence-electron chi connectivity index (χ2n) is 5.18. The molecule has 1 unspecified atom stereocenters. The molecule has 0 radical (unpaired) electrons. The minimum atomic E-state index is -3.84. The van der Waals surface area contributed by atoms with Gasteiger partial charge in [0.1, 0.15) is 10.7 Å². The fraction of sp³-hybridized carbons (Fsp3) is 0.571. The zero-order valence-corrected chi connectivity index (χ0v) is 13.2. The molecule has 1 aromatic rings. The largest absolute Gasteiger partial charge is 0.316 e. The van der Waals surface area contributed by atoms with Crippen LogP contribution >= 0.6 is 0 Å². The molecule has 1 atom stereocenters. The highest BCUT2D eigenvalue weighted by Gasteiger charge is 2.24. The van der Waals surface area contributed by atoms with Crippen LogP contribution in [-0.4, -0.2) is 21.5 Å². The quantitative estimate of drug-likeness (QED) is 0.812. The lowest BCUT2D eigenvalue weighted by Gasteiger charge is -2.21. The summed E-state index contributed by atoms with van der Waals surface area (Å²) < 4.78 is 41.0. The predicted octanol–water partition coefficient (Wildman–Crippen LogP) is 2.26. The van der Waals surface area contributed by atoms with Crippen molar-refractivity contribution in [2.45, 2.75) is 44.7 Å².